The number of nitro benzene ring substituents is 1. The minimum Gasteiger partial charge on any atom is -0.454 e. The Morgan fingerprint density at radius 3 is 2.76 bits per heavy atom. The van der Waals surface area contributed by atoms with Crippen molar-refractivity contribution in [2.75, 3.05) is 25.2 Å². The van der Waals surface area contributed by atoms with Crippen molar-refractivity contribution in [3.63, 3.8) is 0 Å². The van der Waals surface area contributed by atoms with Gasteiger partial charge in [-0.2, -0.15) is 11.8 Å². The van der Waals surface area contributed by atoms with Crippen LogP contribution < -0.4 is 5.32 Å². The topological polar surface area (TPSA) is 136 Å². The van der Waals surface area contributed by atoms with Gasteiger partial charge in [0, 0.05) is 30.7 Å². The number of amides is 3. The van der Waals surface area contributed by atoms with E-state index in [1.165, 1.54) is 30.0 Å². The van der Waals surface area contributed by atoms with Crippen molar-refractivity contribution in [3.05, 3.63) is 39.9 Å². The van der Waals surface area contributed by atoms with Gasteiger partial charge in [0.25, 0.3) is 17.5 Å². The quantitative estimate of drug-likeness (QED) is 0.355. The number of nitro groups is 1. The van der Waals surface area contributed by atoms with Gasteiger partial charge < -0.3 is 10.1 Å². The van der Waals surface area contributed by atoms with Crippen LogP contribution in [0, 0.1) is 10.1 Å². The number of hydrogen-bond donors (Lipinski definition) is 1. The fraction of sp³-hybridized carbons (Fsp3) is 0.444. The maximum Gasteiger partial charge on any atom is 0.329 e. The first-order valence-corrected chi connectivity index (χ1v) is 10.3. The molecule has 156 valence electrons. The highest BCUT2D eigenvalue weighted by molar-refractivity contribution is 7.98. The predicted molar refractivity (Wildman–Crippen MR) is 104 cm³/mol. The van der Waals surface area contributed by atoms with Gasteiger partial charge in [-0.25, -0.2) is 4.79 Å². The third-order valence-corrected chi connectivity index (χ3v) is 4.88. The summed E-state index contributed by atoms with van der Waals surface area (Å²) in [6, 6.07) is 4.09. The van der Waals surface area contributed by atoms with Crippen molar-refractivity contribution < 1.29 is 28.8 Å². The Kier molecular flexibility index (Phi) is 8.13. The fourth-order valence-corrected chi connectivity index (χ4v) is 3.18. The van der Waals surface area contributed by atoms with Crippen LogP contribution in [0.1, 0.15) is 29.6 Å². The predicted octanol–water partition coefficient (Wildman–Crippen LogP) is 1.14. The summed E-state index contributed by atoms with van der Waals surface area (Å²) in [7, 11) is 0. The Labute approximate surface area is 171 Å². The Morgan fingerprint density at radius 2 is 2.14 bits per heavy atom. The number of nitrogens with zero attached hydrogens (tertiary/aromatic N) is 2. The van der Waals surface area contributed by atoms with E-state index in [-0.39, 0.29) is 30.0 Å². The zero-order valence-corrected chi connectivity index (χ0v) is 16.6. The van der Waals surface area contributed by atoms with Crippen LogP contribution in [0.3, 0.4) is 0 Å². The summed E-state index contributed by atoms with van der Waals surface area (Å²) in [5.74, 6) is -1.85. The van der Waals surface area contributed by atoms with E-state index in [1.54, 1.807) is 0 Å². The molecule has 0 spiro atoms. The molecule has 1 aliphatic rings. The van der Waals surface area contributed by atoms with E-state index >= 15 is 0 Å². The summed E-state index contributed by atoms with van der Waals surface area (Å²) >= 11 is 1.45. The molecule has 0 unspecified atom stereocenters. The van der Waals surface area contributed by atoms with Crippen molar-refractivity contribution in [2.24, 2.45) is 0 Å². The third-order valence-electron chi connectivity index (χ3n) is 4.23. The zero-order chi connectivity index (χ0) is 21.4. The number of non-ortho nitro benzene ring substituents is 1. The molecule has 0 radical (unpaired) electrons. The Bertz CT molecular complexity index is 814. The number of carbonyl (C=O) groups excluding carboxylic acids is 4. The summed E-state index contributed by atoms with van der Waals surface area (Å²) in [4.78, 5) is 59.7. The first kappa shape index (κ1) is 22.3. The number of benzene rings is 1. The lowest BCUT2D eigenvalue weighted by Crippen LogP contribution is -2.44. The van der Waals surface area contributed by atoms with Gasteiger partial charge in [-0.15, -0.1) is 0 Å². The van der Waals surface area contributed by atoms with Crippen molar-refractivity contribution in [1.82, 2.24) is 10.2 Å². The molecule has 1 aromatic rings. The maximum atomic E-state index is 12.4. The van der Waals surface area contributed by atoms with Crippen molar-refractivity contribution in [3.8, 4) is 0 Å². The van der Waals surface area contributed by atoms with E-state index in [0.29, 0.717) is 18.7 Å². The second-order valence-corrected chi connectivity index (χ2v) is 7.25. The van der Waals surface area contributed by atoms with Gasteiger partial charge in [0.1, 0.15) is 6.04 Å². The maximum absolute atomic E-state index is 12.4. The molecule has 0 aromatic heterocycles. The van der Waals surface area contributed by atoms with Gasteiger partial charge in [-0.05, 0) is 30.9 Å². The SMILES string of the molecule is CSCC[C@@H](NC(=O)c1cccc([N+](=O)[O-])c1)C(=O)OCC(=O)N1CCCC1=O. The number of ether oxygens (including phenoxy) is 1. The minimum atomic E-state index is -1.03. The average molecular weight is 423 g/mol. The molecule has 0 aliphatic carbocycles. The summed E-state index contributed by atoms with van der Waals surface area (Å²) < 4.78 is 5.01. The molecule has 1 saturated heterocycles. The second-order valence-electron chi connectivity index (χ2n) is 6.27. The molecule has 1 aliphatic heterocycles. The third kappa shape index (κ3) is 6.28. The van der Waals surface area contributed by atoms with E-state index in [1.807, 2.05) is 6.26 Å². The molecule has 11 heteroatoms. The average Bonchev–Trinajstić information content (AvgIpc) is 3.14. The minimum absolute atomic E-state index is 0.0277. The van der Waals surface area contributed by atoms with Crippen LogP contribution in [0.5, 0.6) is 0 Å². The van der Waals surface area contributed by atoms with Crippen LogP contribution >= 0.6 is 11.8 Å². The highest BCUT2D eigenvalue weighted by Gasteiger charge is 2.29. The first-order valence-electron chi connectivity index (χ1n) is 8.87. The summed E-state index contributed by atoms with van der Waals surface area (Å²) in [5.41, 5.74) is -0.221. The van der Waals surface area contributed by atoms with E-state index in [0.717, 1.165) is 11.0 Å². The van der Waals surface area contributed by atoms with Crippen molar-refractivity contribution >= 4 is 41.1 Å². The highest BCUT2D eigenvalue weighted by atomic mass is 32.2. The highest BCUT2D eigenvalue weighted by Crippen LogP contribution is 2.14. The van der Waals surface area contributed by atoms with Gasteiger partial charge in [0.05, 0.1) is 4.92 Å². The van der Waals surface area contributed by atoms with Gasteiger partial charge in [0.15, 0.2) is 6.61 Å². The van der Waals surface area contributed by atoms with Crippen LogP contribution in [0.4, 0.5) is 5.69 Å². The number of carbonyl (C=O) groups is 4. The number of esters is 1. The van der Waals surface area contributed by atoms with E-state index in [9.17, 15) is 29.3 Å². The molecule has 1 aromatic carbocycles. The van der Waals surface area contributed by atoms with Gasteiger partial charge in [0.2, 0.25) is 5.91 Å². The standard InChI is InChI=1S/C18H21N3O7S/c1-29-9-7-14(18(25)28-11-16(23)20-8-3-6-15(20)22)19-17(24)12-4-2-5-13(10-12)21(26)27/h2,4-5,10,14H,3,6-9,11H2,1H3,(H,19,24)/t14-/m1/s1. The molecule has 1 heterocycles. The van der Waals surface area contributed by atoms with Crippen molar-refractivity contribution in [2.45, 2.75) is 25.3 Å². The molecule has 3 amide bonds. The molecule has 1 atom stereocenters. The lowest BCUT2D eigenvalue weighted by Gasteiger charge is -2.18. The number of likely N-dealkylation sites (tertiary alicyclic amines) is 1. The molecule has 0 bridgehead atoms. The molecular formula is C18H21N3O7S. The van der Waals surface area contributed by atoms with Gasteiger partial charge in [-0.3, -0.25) is 29.4 Å². The molecule has 0 saturated carbocycles. The number of nitrogens with one attached hydrogen (secondary N) is 1. The van der Waals surface area contributed by atoms with Gasteiger partial charge >= 0.3 is 5.97 Å². The molecule has 1 fully saturated rings. The van der Waals surface area contributed by atoms with Crippen LogP contribution in [0.2, 0.25) is 0 Å². The lowest BCUT2D eigenvalue weighted by molar-refractivity contribution is -0.384. The monoisotopic (exact) mass is 423 g/mol. The van der Waals surface area contributed by atoms with Crippen LogP contribution in [-0.4, -0.2) is 64.7 Å². The number of imide groups is 1. The smallest absolute Gasteiger partial charge is 0.329 e. The van der Waals surface area contributed by atoms with Gasteiger partial charge in [-0.1, -0.05) is 6.07 Å². The van der Waals surface area contributed by atoms with Crippen molar-refractivity contribution in [1.29, 1.82) is 0 Å². The first-order chi connectivity index (χ1) is 13.8. The Hall–Kier alpha value is -2.95. The molecule has 10 nitrogen and oxygen atoms in total. The molecule has 29 heavy (non-hydrogen) atoms. The Balaban J connectivity index is 2.00. The lowest BCUT2D eigenvalue weighted by atomic mass is 10.1. The van der Waals surface area contributed by atoms with Crippen LogP contribution in [0.25, 0.3) is 0 Å². The molecule has 1 N–H and O–H groups in total. The fourth-order valence-electron chi connectivity index (χ4n) is 2.71. The van der Waals surface area contributed by atoms with Crippen LogP contribution in [-0.2, 0) is 19.1 Å². The summed E-state index contributed by atoms with van der Waals surface area (Å²) in [5, 5.41) is 13.4. The van der Waals surface area contributed by atoms with E-state index in [4.69, 9.17) is 4.74 Å². The normalized spacial score (nSPS) is 14.4. The van der Waals surface area contributed by atoms with E-state index < -0.39 is 35.4 Å². The second kappa shape index (κ2) is 10.6. The number of rotatable bonds is 9. The number of thioether (sulfide) groups is 1. The molecular weight excluding hydrogens is 402 g/mol. The summed E-state index contributed by atoms with van der Waals surface area (Å²) in [6.45, 7) is -0.290. The number of hydrogen-bond acceptors (Lipinski definition) is 8. The van der Waals surface area contributed by atoms with E-state index in [2.05, 4.69) is 5.32 Å². The molecule has 2 rings (SSSR count). The zero-order valence-electron chi connectivity index (χ0n) is 15.8. The Morgan fingerprint density at radius 1 is 1.38 bits per heavy atom. The largest absolute Gasteiger partial charge is 0.454 e. The summed E-state index contributed by atoms with van der Waals surface area (Å²) in [6.07, 6.45) is 2.94. The van der Waals surface area contributed by atoms with Crippen LogP contribution in [0.15, 0.2) is 24.3 Å².